The number of anilines is 3. The fourth-order valence-corrected chi connectivity index (χ4v) is 3.34. The largest absolute Gasteiger partial charge is 0.352 e. The predicted molar refractivity (Wildman–Crippen MR) is 121 cm³/mol. The molecule has 152 valence electrons. The molecule has 1 saturated heterocycles. The van der Waals surface area contributed by atoms with Crippen molar-refractivity contribution in [3.8, 4) is 0 Å². The second-order valence-corrected chi connectivity index (χ2v) is 7.32. The van der Waals surface area contributed by atoms with Crippen LogP contribution < -0.4 is 10.2 Å². The summed E-state index contributed by atoms with van der Waals surface area (Å²) in [6.07, 6.45) is 3.51. The number of nitrogens with one attached hydrogen (secondary N) is 1. The SMILES string of the molecule is Cc1ccc(Nc2ccc(N3CCN(C(=O)C=Cc4ccccc4)CC3)nn2)cc1. The fraction of sp³-hybridized carbons (Fsp3) is 0.208. The first-order chi connectivity index (χ1) is 14.7. The Balaban J connectivity index is 1.30. The molecule has 0 radical (unpaired) electrons. The van der Waals surface area contributed by atoms with Crippen molar-refractivity contribution in [1.29, 1.82) is 0 Å². The van der Waals surface area contributed by atoms with E-state index in [0.29, 0.717) is 18.9 Å². The highest BCUT2D eigenvalue weighted by Gasteiger charge is 2.20. The molecular formula is C24H25N5O. The summed E-state index contributed by atoms with van der Waals surface area (Å²) in [6.45, 7) is 4.88. The molecular weight excluding hydrogens is 374 g/mol. The van der Waals surface area contributed by atoms with E-state index in [4.69, 9.17) is 0 Å². The average Bonchev–Trinajstić information content (AvgIpc) is 2.80. The smallest absolute Gasteiger partial charge is 0.246 e. The van der Waals surface area contributed by atoms with Crippen LogP contribution in [-0.2, 0) is 4.79 Å². The molecule has 1 N–H and O–H groups in total. The summed E-state index contributed by atoms with van der Waals surface area (Å²) in [4.78, 5) is 16.5. The molecule has 2 heterocycles. The Morgan fingerprint density at radius 3 is 2.30 bits per heavy atom. The highest BCUT2D eigenvalue weighted by Crippen LogP contribution is 2.18. The van der Waals surface area contributed by atoms with Crippen LogP contribution >= 0.6 is 0 Å². The van der Waals surface area contributed by atoms with E-state index < -0.39 is 0 Å². The summed E-state index contributed by atoms with van der Waals surface area (Å²) < 4.78 is 0. The lowest BCUT2D eigenvalue weighted by Crippen LogP contribution is -2.48. The zero-order chi connectivity index (χ0) is 20.8. The van der Waals surface area contributed by atoms with Crippen LogP contribution in [0.3, 0.4) is 0 Å². The number of amides is 1. The number of carbonyl (C=O) groups excluding carboxylic acids is 1. The summed E-state index contributed by atoms with van der Waals surface area (Å²) >= 11 is 0. The summed E-state index contributed by atoms with van der Waals surface area (Å²) in [7, 11) is 0. The molecule has 6 nitrogen and oxygen atoms in total. The van der Waals surface area contributed by atoms with E-state index in [2.05, 4.69) is 39.5 Å². The van der Waals surface area contributed by atoms with Crippen molar-refractivity contribution in [3.63, 3.8) is 0 Å². The molecule has 1 amide bonds. The molecule has 1 fully saturated rings. The topological polar surface area (TPSA) is 61.4 Å². The first-order valence-corrected chi connectivity index (χ1v) is 10.1. The normalized spacial score (nSPS) is 14.2. The van der Waals surface area contributed by atoms with E-state index in [-0.39, 0.29) is 5.91 Å². The Labute approximate surface area is 176 Å². The molecule has 4 rings (SSSR count). The van der Waals surface area contributed by atoms with Crippen molar-refractivity contribution in [2.24, 2.45) is 0 Å². The lowest BCUT2D eigenvalue weighted by molar-refractivity contribution is -0.126. The van der Waals surface area contributed by atoms with Gasteiger partial charge in [0.1, 0.15) is 0 Å². The van der Waals surface area contributed by atoms with Gasteiger partial charge in [0.25, 0.3) is 0 Å². The minimum atomic E-state index is 0.0437. The summed E-state index contributed by atoms with van der Waals surface area (Å²) in [5, 5.41) is 11.9. The summed E-state index contributed by atoms with van der Waals surface area (Å²) in [5.74, 6) is 1.58. The second kappa shape index (κ2) is 9.22. The van der Waals surface area contributed by atoms with E-state index in [9.17, 15) is 4.79 Å². The quantitative estimate of drug-likeness (QED) is 0.660. The molecule has 1 aromatic heterocycles. The third-order valence-corrected chi connectivity index (χ3v) is 5.11. The summed E-state index contributed by atoms with van der Waals surface area (Å²) in [6, 6.07) is 21.9. The molecule has 1 aliphatic rings. The third-order valence-electron chi connectivity index (χ3n) is 5.11. The standard InChI is InChI=1S/C24H25N5O/c1-19-7-10-21(11-8-19)25-22-12-13-23(27-26-22)28-15-17-29(18-16-28)24(30)14-9-20-5-3-2-4-6-20/h2-14H,15-18H2,1H3,(H,25,26). The number of aryl methyl sites for hydroxylation is 1. The molecule has 0 aliphatic carbocycles. The Bertz CT molecular complexity index is 992. The number of hydrogen-bond acceptors (Lipinski definition) is 5. The van der Waals surface area contributed by atoms with Gasteiger partial charge >= 0.3 is 0 Å². The minimum absolute atomic E-state index is 0.0437. The van der Waals surface area contributed by atoms with Gasteiger partial charge in [-0.3, -0.25) is 4.79 Å². The molecule has 1 aliphatic heterocycles. The van der Waals surface area contributed by atoms with Gasteiger partial charge in [0, 0.05) is 37.9 Å². The highest BCUT2D eigenvalue weighted by molar-refractivity contribution is 5.91. The van der Waals surface area contributed by atoms with Crippen molar-refractivity contribution in [2.45, 2.75) is 6.92 Å². The highest BCUT2D eigenvalue weighted by atomic mass is 16.2. The number of benzene rings is 2. The van der Waals surface area contributed by atoms with Gasteiger partial charge in [-0.25, -0.2) is 0 Å². The van der Waals surface area contributed by atoms with Gasteiger partial charge in [0.05, 0.1) is 0 Å². The maximum Gasteiger partial charge on any atom is 0.246 e. The zero-order valence-corrected chi connectivity index (χ0v) is 17.0. The lowest BCUT2D eigenvalue weighted by Gasteiger charge is -2.34. The van der Waals surface area contributed by atoms with E-state index >= 15 is 0 Å². The number of hydrogen-bond donors (Lipinski definition) is 1. The second-order valence-electron chi connectivity index (χ2n) is 7.32. The van der Waals surface area contributed by atoms with Crippen molar-refractivity contribution >= 4 is 29.3 Å². The molecule has 0 spiro atoms. The molecule has 30 heavy (non-hydrogen) atoms. The maximum absolute atomic E-state index is 12.4. The van der Waals surface area contributed by atoms with Gasteiger partial charge < -0.3 is 15.1 Å². The van der Waals surface area contributed by atoms with Crippen LogP contribution in [0.5, 0.6) is 0 Å². The molecule has 0 saturated carbocycles. The van der Waals surface area contributed by atoms with Crippen LogP contribution in [0.25, 0.3) is 6.08 Å². The van der Waals surface area contributed by atoms with E-state index in [1.54, 1.807) is 6.08 Å². The number of aromatic nitrogens is 2. The van der Waals surface area contributed by atoms with Gasteiger partial charge in [-0.15, -0.1) is 10.2 Å². The minimum Gasteiger partial charge on any atom is -0.352 e. The fourth-order valence-electron chi connectivity index (χ4n) is 3.34. The van der Waals surface area contributed by atoms with Crippen molar-refractivity contribution in [1.82, 2.24) is 15.1 Å². The van der Waals surface area contributed by atoms with Gasteiger partial charge in [-0.05, 0) is 42.8 Å². The number of nitrogens with zero attached hydrogens (tertiary/aromatic N) is 4. The van der Waals surface area contributed by atoms with Crippen LogP contribution in [0.15, 0.2) is 72.8 Å². The predicted octanol–water partition coefficient (Wildman–Crippen LogP) is 3.89. The Morgan fingerprint density at radius 1 is 0.900 bits per heavy atom. The van der Waals surface area contributed by atoms with Crippen molar-refractivity contribution in [3.05, 3.63) is 83.9 Å². The lowest BCUT2D eigenvalue weighted by atomic mass is 10.2. The molecule has 3 aromatic rings. The molecule has 0 bridgehead atoms. The monoisotopic (exact) mass is 399 g/mol. The van der Waals surface area contributed by atoms with Gasteiger partial charge in [-0.1, -0.05) is 48.0 Å². The molecule has 6 heteroatoms. The Kier molecular flexibility index (Phi) is 6.03. The molecule has 2 aromatic carbocycles. The van der Waals surface area contributed by atoms with E-state index in [1.807, 2.05) is 65.6 Å². The van der Waals surface area contributed by atoms with Gasteiger partial charge in [-0.2, -0.15) is 0 Å². The van der Waals surface area contributed by atoms with Crippen LogP contribution in [-0.4, -0.2) is 47.2 Å². The Hall–Kier alpha value is -3.67. The van der Waals surface area contributed by atoms with Crippen LogP contribution in [0.2, 0.25) is 0 Å². The number of piperazine rings is 1. The number of carbonyl (C=O) groups is 1. The number of rotatable bonds is 5. The van der Waals surface area contributed by atoms with Crippen molar-refractivity contribution in [2.75, 3.05) is 36.4 Å². The zero-order valence-electron chi connectivity index (χ0n) is 17.0. The van der Waals surface area contributed by atoms with Crippen LogP contribution in [0, 0.1) is 6.92 Å². The molecule has 0 unspecified atom stereocenters. The van der Waals surface area contributed by atoms with Crippen molar-refractivity contribution < 1.29 is 4.79 Å². The van der Waals surface area contributed by atoms with Gasteiger partial charge in [0.2, 0.25) is 5.91 Å². The maximum atomic E-state index is 12.4. The first kappa shape index (κ1) is 19.6. The average molecular weight is 399 g/mol. The third kappa shape index (κ3) is 5.03. The molecule has 0 atom stereocenters. The first-order valence-electron chi connectivity index (χ1n) is 10.1. The van der Waals surface area contributed by atoms with Crippen LogP contribution in [0.1, 0.15) is 11.1 Å². The Morgan fingerprint density at radius 2 is 1.63 bits per heavy atom. The van der Waals surface area contributed by atoms with Gasteiger partial charge in [0.15, 0.2) is 11.6 Å². The van der Waals surface area contributed by atoms with Crippen LogP contribution in [0.4, 0.5) is 17.3 Å². The summed E-state index contributed by atoms with van der Waals surface area (Å²) in [5.41, 5.74) is 3.23. The van der Waals surface area contributed by atoms with E-state index in [1.165, 1.54) is 5.56 Å². The van der Waals surface area contributed by atoms with E-state index in [0.717, 1.165) is 30.2 Å².